The normalized spacial score (nSPS) is 12.2. The third-order valence-corrected chi connectivity index (χ3v) is 3.69. The van der Waals surface area contributed by atoms with E-state index in [9.17, 15) is 4.39 Å². The number of ether oxygens (including phenoxy) is 1. The van der Waals surface area contributed by atoms with Crippen molar-refractivity contribution in [3.8, 4) is 5.75 Å². The molecule has 0 aliphatic heterocycles. The van der Waals surface area contributed by atoms with E-state index < -0.39 is 0 Å². The maximum atomic E-state index is 13.2. The van der Waals surface area contributed by atoms with Crippen molar-refractivity contribution >= 4 is 0 Å². The van der Waals surface area contributed by atoms with E-state index in [1.165, 1.54) is 12.1 Å². The number of halogens is 1. The molecular weight excluding hydrogens is 267 g/mol. The van der Waals surface area contributed by atoms with Crippen LogP contribution in [0.5, 0.6) is 5.75 Å². The fourth-order valence-electron chi connectivity index (χ4n) is 2.47. The molecule has 1 unspecified atom stereocenters. The molecule has 3 nitrogen and oxygen atoms in total. The Balaban J connectivity index is 2.32. The summed E-state index contributed by atoms with van der Waals surface area (Å²) < 4.78 is 18.6. The average molecular weight is 288 g/mol. The first kappa shape index (κ1) is 15.5. The van der Waals surface area contributed by atoms with Crippen LogP contribution < -0.4 is 16.0 Å². The first-order valence-electron chi connectivity index (χ1n) is 6.91. The van der Waals surface area contributed by atoms with E-state index in [0.717, 1.165) is 28.0 Å². The molecule has 0 bridgehead atoms. The molecule has 0 heterocycles. The number of rotatable bonds is 5. The SMILES string of the molecule is COc1cc(C)ccc1C(Cc1ccc(F)cc1C)NN. The van der Waals surface area contributed by atoms with Gasteiger partial charge in [0.1, 0.15) is 11.6 Å². The summed E-state index contributed by atoms with van der Waals surface area (Å²) in [7, 11) is 1.65. The second kappa shape index (κ2) is 6.70. The summed E-state index contributed by atoms with van der Waals surface area (Å²) in [6.45, 7) is 3.92. The first-order valence-corrected chi connectivity index (χ1v) is 6.91. The van der Waals surface area contributed by atoms with E-state index in [-0.39, 0.29) is 11.9 Å². The molecule has 4 heteroatoms. The van der Waals surface area contributed by atoms with Crippen LogP contribution in [-0.4, -0.2) is 7.11 Å². The van der Waals surface area contributed by atoms with Gasteiger partial charge in [-0.25, -0.2) is 4.39 Å². The molecule has 112 valence electrons. The number of benzene rings is 2. The molecule has 0 fully saturated rings. The van der Waals surface area contributed by atoms with Gasteiger partial charge in [-0.3, -0.25) is 11.3 Å². The molecule has 21 heavy (non-hydrogen) atoms. The van der Waals surface area contributed by atoms with Crippen LogP contribution in [-0.2, 0) is 6.42 Å². The standard InChI is InChI=1S/C17H21FN2O/c1-11-4-7-15(17(8-11)21-3)16(20-19)10-13-5-6-14(18)9-12(13)2/h4-9,16,20H,10,19H2,1-3H3. The monoisotopic (exact) mass is 288 g/mol. The van der Waals surface area contributed by atoms with E-state index in [0.29, 0.717) is 6.42 Å². The predicted octanol–water partition coefficient (Wildman–Crippen LogP) is 3.20. The van der Waals surface area contributed by atoms with Crippen molar-refractivity contribution in [2.45, 2.75) is 26.3 Å². The van der Waals surface area contributed by atoms with Crippen LogP contribution in [0.25, 0.3) is 0 Å². The van der Waals surface area contributed by atoms with Crippen molar-refractivity contribution in [2.75, 3.05) is 7.11 Å². The zero-order valence-corrected chi connectivity index (χ0v) is 12.6. The Morgan fingerprint density at radius 1 is 1.19 bits per heavy atom. The maximum Gasteiger partial charge on any atom is 0.123 e. The van der Waals surface area contributed by atoms with Crippen LogP contribution in [0.2, 0.25) is 0 Å². The van der Waals surface area contributed by atoms with Gasteiger partial charge in [-0.1, -0.05) is 18.2 Å². The summed E-state index contributed by atoms with van der Waals surface area (Å²) in [5.41, 5.74) is 6.93. The quantitative estimate of drug-likeness (QED) is 0.656. The minimum absolute atomic E-state index is 0.0929. The molecule has 1 atom stereocenters. The van der Waals surface area contributed by atoms with Gasteiger partial charge in [0.25, 0.3) is 0 Å². The van der Waals surface area contributed by atoms with Crippen molar-refractivity contribution in [1.82, 2.24) is 5.43 Å². The Labute approximate surface area is 124 Å². The molecule has 2 aromatic rings. The number of methoxy groups -OCH3 is 1. The minimum atomic E-state index is -0.221. The van der Waals surface area contributed by atoms with Gasteiger partial charge in [-0.2, -0.15) is 0 Å². The van der Waals surface area contributed by atoms with Gasteiger partial charge in [-0.15, -0.1) is 0 Å². The molecule has 0 saturated heterocycles. The van der Waals surface area contributed by atoms with Gasteiger partial charge < -0.3 is 4.74 Å². The van der Waals surface area contributed by atoms with Crippen LogP contribution in [0.4, 0.5) is 4.39 Å². The van der Waals surface area contributed by atoms with Gasteiger partial charge in [0.05, 0.1) is 13.2 Å². The van der Waals surface area contributed by atoms with Gasteiger partial charge in [0, 0.05) is 5.56 Å². The van der Waals surface area contributed by atoms with Crippen molar-refractivity contribution in [3.05, 3.63) is 64.5 Å². The zero-order valence-electron chi connectivity index (χ0n) is 12.6. The minimum Gasteiger partial charge on any atom is -0.496 e. The molecule has 0 aliphatic carbocycles. The number of hydrazine groups is 1. The smallest absolute Gasteiger partial charge is 0.123 e. The highest BCUT2D eigenvalue weighted by molar-refractivity contribution is 5.40. The maximum absolute atomic E-state index is 13.2. The summed E-state index contributed by atoms with van der Waals surface area (Å²) in [6, 6.07) is 10.7. The highest BCUT2D eigenvalue weighted by Gasteiger charge is 2.16. The Hall–Kier alpha value is -1.91. The fourth-order valence-corrected chi connectivity index (χ4v) is 2.47. The number of hydrogen-bond acceptors (Lipinski definition) is 3. The van der Waals surface area contributed by atoms with Crippen LogP contribution >= 0.6 is 0 Å². The Bertz CT molecular complexity index is 628. The van der Waals surface area contributed by atoms with E-state index in [1.54, 1.807) is 13.2 Å². The summed E-state index contributed by atoms with van der Waals surface area (Å²) in [4.78, 5) is 0. The van der Waals surface area contributed by atoms with Crippen molar-refractivity contribution in [2.24, 2.45) is 5.84 Å². The van der Waals surface area contributed by atoms with E-state index in [2.05, 4.69) is 5.43 Å². The molecule has 0 amide bonds. The average Bonchev–Trinajstić information content (AvgIpc) is 2.47. The lowest BCUT2D eigenvalue weighted by molar-refractivity contribution is 0.398. The molecule has 0 radical (unpaired) electrons. The van der Waals surface area contributed by atoms with Gasteiger partial charge in [0.15, 0.2) is 0 Å². The Morgan fingerprint density at radius 2 is 1.95 bits per heavy atom. The topological polar surface area (TPSA) is 47.3 Å². The van der Waals surface area contributed by atoms with Crippen molar-refractivity contribution < 1.29 is 9.13 Å². The molecular formula is C17H21FN2O. The first-order chi connectivity index (χ1) is 10.0. The lowest BCUT2D eigenvalue weighted by Gasteiger charge is -2.20. The van der Waals surface area contributed by atoms with Gasteiger partial charge in [0.2, 0.25) is 0 Å². The fraction of sp³-hybridized carbons (Fsp3) is 0.294. The summed E-state index contributed by atoms with van der Waals surface area (Å²) in [5.74, 6) is 6.30. The number of nitrogens with two attached hydrogens (primary N) is 1. The third kappa shape index (κ3) is 3.60. The van der Waals surface area contributed by atoms with Gasteiger partial charge >= 0.3 is 0 Å². The van der Waals surface area contributed by atoms with E-state index in [1.807, 2.05) is 32.0 Å². The molecule has 0 aromatic heterocycles. The van der Waals surface area contributed by atoms with Crippen LogP contribution in [0.3, 0.4) is 0 Å². The molecule has 2 aromatic carbocycles. The van der Waals surface area contributed by atoms with E-state index >= 15 is 0 Å². The Morgan fingerprint density at radius 3 is 2.57 bits per heavy atom. The molecule has 0 saturated carbocycles. The second-order valence-electron chi connectivity index (χ2n) is 5.24. The highest BCUT2D eigenvalue weighted by atomic mass is 19.1. The van der Waals surface area contributed by atoms with Crippen molar-refractivity contribution in [1.29, 1.82) is 0 Å². The largest absolute Gasteiger partial charge is 0.496 e. The summed E-state index contributed by atoms with van der Waals surface area (Å²) >= 11 is 0. The van der Waals surface area contributed by atoms with Crippen molar-refractivity contribution in [3.63, 3.8) is 0 Å². The van der Waals surface area contributed by atoms with Crippen LogP contribution in [0, 0.1) is 19.7 Å². The van der Waals surface area contributed by atoms with Crippen LogP contribution in [0.15, 0.2) is 36.4 Å². The molecule has 2 rings (SSSR count). The summed E-state index contributed by atoms with van der Waals surface area (Å²) in [5, 5.41) is 0. The summed E-state index contributed by atoms with van der Waals surface area (Å²) in [6.07, 6.45) is 0.669. The second-order valence-corrected chi connectivity index (χ2v) is 5.24. The lowest BCUT2D eigenvalue weighted by Crippen LogP contribution is -2.30. The predicted molar refractivity (Wildman–Crippen MR) is 82.6 cm³/mol. The third-order valence-electron chi connectivity index (χ3n) is 3.69. The molecule has 0 spiro atoms. The number of hydrogen-bond donors (Lipinski definition) is 2. The molecule has 3 N–H and O–H groups in total. The number of nitrogens with one attached hydrogen (secondary N) is 1. The molecule has 0 aliphatic rings. The highest BCUT2D eigenvalue weighted by Crippen LogP contribution is 2.29. The van der Waals surface area contributed by atoms with Crippen LogP contribution in [0.1, 0.15) is 28.3 Å². The lowest BCUT2D eigenvalue weighted by atomic mass is 9.95. The zero-order chi connectivity index (χ0) is 15.4. The number of aryl methyl sites for hydroxylation is 2. The van der Waals surface area contributed by atoms with E-state index in [4.69, 9.17) is 10.6 Å². The Kier molecular flexibility index (Phi) is 4.94. The van der Waals surface area contributed by atoms with Gasteiger partial charge in [-0.05, 0) is 55.2 Å².